The van der Waals surface area contributed by atoms with Crippen LogP contribution >= 0.6 is 0 Å². The number of sulfonamides is 1. The molecule has 3 N–H and O–H groups in total. The number of furan rings is 1. The highest BCUT2D eigenvalue weighted by Gasteiger charge is 2.11. The van der Waals surface area contributed by atoms with Gasteiger partial charge in [-0.3, -0.25) is 0 Å². The van der Waals surface area contributed by atoms with Crippen LogP contribution in [0.2, 0.25) is 0 Å². The number of nitrogens with one attached hydrogen (secondary N) is 3. The summed E-state index contributed by atoms with van der Waals surface area (Å²) in [5, 5.41) is 6.38. The Hall–Kier alpha value is -2.84. The standard InChI is InChI=1S/C18H19N3O4S/c1-19-26(23,24)16-7-4-5-13(9-16)11-20-18(22)21-12-15-10-14-6-2-3-8-17(14)25-15/h2-10,19H,11-12H2,1H3,(H2,20,21,22). The van der Waals surface area contributed by atoms with Crippen LogP contribution in [-0.4, -0.2) is 21.5 Å². The summed E-state index contributed by atoms with van der Waals surface area (Å²) < 4.78 is 31.5. The monoisotopic (exact) mass is 373 g/mol. The zero-order chi connectivity index (χ0) is 18.6. The molecule has 2 aromatic carbocycles. The van der Waals surface area contributed by atoms with Crippen molar-refractivity contribution in [2.45, 2.75) is 18.0 Å². The van der Waals surface area contributed by atoms with Gasteiger partial charge in [0.2, 0.25) is 10.0 Å². The molecule has 0 saturated carbocycles. The molecule has 0 aliphatic rings. The molecule has 2 amide bonds. The first kappa shape index (κ1) is 18.0. The lowest BCUT2D eigenvalue weighted by Gasteiger charge is -2.08. The number of urea groups is 1. The van der Waals surface area contributed by atoms with E-state index in [9.17, 15) is 13.2 Å². The SMILES string of the molecule is CNS(=O)(=O)c1cccc(CNC(=O)NCc2cc3ccccc3o2)c1. The van der Waals surface area contributed by atoms with Crippen molar-refractivity contribution in [3.63, 3.8) is 0 Å². The number of benzene rings is 2. The van der Waals surface area contributed by atoms with Gasteiger partial charge >= 0.3 is 6.03 Å². The maximum Gasteiger partial charge on any atom is 0.315 e. The Morgan fingerprint density at radius 3 is 2.54 bits per heavy atom. The molecule has 136 valence electrons. The fourth-order valence-corrected chi connectivity index (χ4v) is 3.28. The van der Waals surface area contributed by atoms with Crippen molar-refractivity contribution in [3.8, 4) is 0 Å². The van der Waals surface area contributed by atoms with Crippen molar-refractivity contribution in [1.29, 1.82) is 0 Å². The van der Waals surface area contributed by atoms with Crippen LogP contribution in [-0.2, 0) is 23.1 Å². The molecule has 1 heterocycles. The summed E-state index contributed by atoms with van der Waals surface area (Å²) in [5.74, 6) is 0.656. The molecule has 3 aromatic rings. The highest BCUT2D eigenvalue weighted by atomic mass is 32.2. The second kappa shape index (κ2) is 7.59. The predicted octanol–water partition coefficient (Wildman–Crippen LogP) is 2.34. The minimum Gasteiger partial charge on any atom is -0.459 e. The van der Waals surface area contributed by atoms with Gasteiger partial charge in [-0.05, 0) is 36.9 Å². The minimum absolute atomic E-state index is 0.155. The normalized spacial score (nSPS) is 11.4. The van der Waals surface area contributed by atoms with E-state index >= 15 is 0 Å². The van der Waals surface area contributed by atoms with E-state index in [0.717, 1.165) is 11.0 Å². The zero-order valence-corrected chi connectivity index (χ0v) is 15.0. The van der Waals surface area contributed by atoms with Gasteiger partial charge in [-0.1, -0.05) is 30.3 Å². The van der Waals surface area contributed by atoms with E-state index < -0.39 is 10.0 Å². The average Bonchev–Trinajstić information content (AvgIpc) is 3.08. The molecule has 1 aromatic heterocycles. The van der Waals surface area contributed by atoms with E-state index in [1.807, 2.05) is 30.3 Å². The summed E-state index contributed by atoms with van der Waals surface area (Å²) in [7, 11) is -2.16. The summed E-state index contributed by atoms with van der Waals surface area (Å²) in [6.07, 6.45) is 0. The van der Waals surface area contributed by atoms with E-state index in [2.05, 4.69) is 15.4 Å². The van der Waals surface area contributed by atoms with E-state index in [1.54, 1.807) is 12.1 Å². The van der Waals surface area contributed by atoms with Gasteiger partial charge in [0, 0.05) is 11.9 Å². The van der Waals surface area contributed by atoms with Gasteiger partial charge in [-0.25, -0.2) is 17.9 Å². The lowest BCUT2D eigenvalue weighted by Crippen LogP contribution is -2.34. The Labute approximate surface area is 151 Å². The molecule has 0 fully saturated rings. The van der Waals surface area contributed by atoms with Gasteiger partial charge in [-0.15, -0.1) is 0 Å². The number of hydrogen-bond donors (Lipinski definition) is 3. The largest absolute Gasteiger partial charge is 0.459 e. The van der Waals surface area contributed by atoms with E-state index in [0.29, 0.717) is 11.3 Å². The first-order valence-electron chi connectivity index (χ1n) is 7.99. The molecule has 0 saturated heterocycles. The molecule has 0 atom stereocenters. The summed E-state index contributed by atoms with van der Waals surface area (Å²) in [4.78, 5) is 12.1. The quantitative estimate of drug-likeness (QED) is 0.617. The number of fused-ring (bicyclic) bond motifs is 1. The van der Waals surface area contributed by atoms with E-state index in [-0.39, 0.29) is 24.0 Å². The molecule has 0 unspecified atom stereocenters. The molecular weight excluding hydrogens is 354 g/mol. The van der Waals surface area contributed by atoms with Crippen LogP contribution in [0.1, 0.15) is 11.3 Å². The third-order valence-corrected chi connectivity index (χ3v) is 5.24. The summed E-state index contributed by atoms with van der Waals surface area (Å²) in [6.45, 7) is 0.466. The van der Waals surface area contributed by atoms with Crippen molar-refractivity contribution in [2.24, 2.45) is 0 Å². The van der Waals surface area contributed by atoms with Gasteiger partial charge < -0.3 is 15.1 Å². The molecule has 8 heteroatoms. The maximum absolute atomic E-state index is 11.9. The van der Waals surface area contributed by atoms with Crippen molar-refractivity contribution in [1.82, 2.24) is 15.4 Å². The minimum atomic E-state index is -3.51. The van der Waals surface area contributed by atoms with Crippen LogP contribution in [0.25, 0.3) is 11.0 Å². The Bertz CT molecular complexity index is 995. The van der Waals surface area contributed by atoms with E-state index in [4.69, 9.17) is 4.42 Å². The number of carbonyl (C=O) groups is 1. The third-order valence-electron chi connectivity index (χ3n) is 3.83. The van der Waals surface area contributed by atoms with E-state index in [1.165, 1.54) is 19.2 Å². The first-order chi connectivity index (χ1) is 12.5. The molecule has 0 aliphatic carbocycles. The highest BCUT2D eigenvalue weighted by molar-refractivity contribution is 7.89. The predicted molar refractivity (Wildman–Crippen MR) is 98.0 cm³/mol. The summed E-state index contributed by atoms with van der Waals surface area (Å²) in [5.41, 5.74) is 1.45. The number of hydrogen-bond acceptors (Lipinski definition) is 4. The Kier molecular flexibility index (Phi) is 5.24. The summed E-state index contributed by atoms with van der Waals surface area (Å²) >= 11 is 0. The molecule has 0 spiro atoms. The van der Waals surface area contributed by atoms with Crippen molar-refractivity contribution in [2.75, 3.05) is 7.05 Å². The van der Waals surface area contributed by atoms with Crippen molar-refractivity contribution < 1.29 is 17.6 Å². The van der Waals surface area contributed by atoms with Crippen molar-refractivity contribution >= 4 is 27.0 Å². The highest BCUT2D eigenvalue weighted by Crippen LogP contribution is 2.18. The first-order valence-corrected chi connectivity index (χ1v) is 9.48. The lowest BCUT2D eigenvalue weighted by molar-refractivity contribution is 0.239. The smallest absolute Gasteiger partial charge is 0.315 e. The fourth-order valence-electron chi connectivity index (χ4n) is 2.48. The second-order valence-electron chi connectivity index (χ2n) is 5.64. The molecular formula is C18H19N3O4S. The Morgan fingerprint density at radius 2 is 1.77 bits per heavy atom. The van der Waals surface area contributed by atoms with Crippen LogP contribution in [0, 0.1) is 0 Å². The number of rotatable bonds is 6. The summed E-state index contributed by atoms with van der Waals surface area (Å²) in [6, 6.07) is 15.5. The third kappa shape index (κ3) is 4.22. The Morgan fingerprint density at radius 1 is 1.00 bits per heavy atom. The molecule has 26 heavy (non-hydrogen) atoms. The van der Waals surface area contributed by atoms with Crippen LogP contribution in [0.15, 0.2) is 63.9 Å². The second-order valence-corrected chi connectivity index (χ2v) is 7.53. The van der Waals surface area contributed by atoms with Gasteiger partial charge in [0.15, 0.2) is 0 Å². The molecule has 0 radical (unpaired) electrons. The molecule has 0 aliphatic heterocycles. The molecule has 0 bridgehead atoms. The van der Waals surface area contributed by atoms with Gasteiger partial charge in [0.25, 0.3) is 0 Å². The number of amides is 2. The van der Waals surface area contributed by atoms with Crippen LogP contribution in [0.3, 0.4) is 0 Å². The van der Waals surface area contributed by atoms with Crippen molar-refractivity contribution in [3.05, 3.63) is 65.9 Å². The number of carbonyl (C=O) groups excluding carboxylic acids is 1. The fraction of sp³-hybridized carbons (Fsp3) is 0.167. The van der Waals surface area contributed by atoms with Gasteiger partial charge in [0.1, 0.15) is 11.3 Å². The van der Waals surface area contributed by atoms with Crippen LogP contribution in [0.4, 0.5) is 4.79 Å². The van der Waals surface area contributed by atoms with Gasteiger partial charge in [-0.2, -0.15) is 0 Å². The topological polar surface area (TPSA) is 100 Å². The Balaban J connectivity index is 1.55. The molecule has 3 rings (SSSR count). The van der Waals surface area contributed by atoms with Crippen LogP contribution < -0.4 is 15.4 Å². The van der Waals surface area contributed by atoms with Gasteiger partial charge in [0.05, 0.1) is 11.4 Å². The maximum atomic E-state index is 11.9. The lowest BCUT2D eigenvalue weighted by atomic mass is 10.2. The average molecular weight is 373 g/mol. The zero-order valence-electron chi connectivity index (χ0n) is 14.2. The van der Waals surface area contributed by atoms with Crippen LogP contribution in [0.5, 0.6) is 0 Å². The molecule has 7 nitrogen and oxygen atoms in total. The number of para-hydroxylation sites is 1.